The van der Waals surface area contributed by atoms with Gasteiger partial charge in [0, 0.05) is 24.0 Å². The molecule has 7 aromatic rings. The fraction of sp³-hybridized carbons (Fsp3) is 0.371. The first kappa shape index (κ1) is 59.6. The van der Waals surface area contributed by atoms with E-state index in [9.17, 15) is 14.9 Å². The van der Waals surface area contributed by atoms with E-state index in [1.165, 1.54) is 11.2 Å². The summed E-state index contributed by atoms with van der Waals surface area (Å²) in [7, 11) is 1.22. The number of para-hydroxylation sites is 2. The molecule has 2 saturated heterocycles. The molecule has 21 heteroatoms. The van der Waals surface area contributed by atoms with Crippen molar-refractivity contribution in [2.24, 2.45) is 5.92 Å². The predicted molar refractivity (Wildman–Crippen MR) is 315 cm³/mol. The summed E-state index contributed by atoms with van der Waals surface area (Å²) in [6, 6.07) is 43.5. The molecule has 5 atom stereocenters. The molecule has 0 spiro atoms. The van der Waals surface area contributed by atoms with Gasteiger partial charge in [-0.15, -0.1) is 0 Å². The van der Waals surface area contributed by atoms with E-state index in [0.29, 0.717) is 22.9 Å². The van der Waals surface area contributed by atoms with Gasteiger partial charge in [-0.2, -0.15) is 15.2 Å². The SMILES string of the molecule is COc1ccc(C(OC[C@@]23CN(C(=O)NC(C)C)[C@@H]([C@H](n4cnc5c(OC(=O)N(c6ccccc6)c6ccccc6)nc(NC(=O)C(C)C)nc54)O2)[C@@H]3OP(OCCC#N)N(C(C)C)C(C)C)(c2ccccc2)c2ccc(OC)cc2)cc1. The Morgan fingerprint density at radius 2 is 1.34 bits per heavy atom. The number of nitrogens with one attached hydrogen (secondary N) is 2. The highest BCUT2D eigenvalue weighted by Gasteiger charge is 2.68. The van der Waals surface area contributed by atoms with Crippen molar-refractivity contribution in [3.05, 3.63) is 163 Å². The van der Waals surface area contributed by atoms with Crippen molar-refractivity contribution in [2.45, 2.75) is 110 Å². The molecule has 0 aliphatic carbocycles. The third-order valence-corrected chi connectivity index (χ3v) is 16.4. The Morgan fingerprint density at radius 1 is 0.783 bits per heavy atom. The third kappa shape index (κ3) is 12.5. The smallest absolute Gasteiger partial charge is 0.425 e. The molecule has 2 aliphatic heterocycles. The molecule has 2 aromatic heterocycles. The summed E-state index contributed by atoms with van der Waals surface area (Å²) in [6.07, 6.45) is -1.43. The lowest BCUT2D eigenvalue weighted by molar-refractivity contribution is -0.171. The Morgan fingerprint density at radius 3 is 1.86 bits per heavy atom. The largest absolute Gasteiger partial charge is 0.497 e. The number of ether oxygens (including phenoxy) is 5. The number of benzene rings is 5. The monoisotopic (exact) mass is 1150 g/mol. The highest BCUT2D eigenvalue weighted by atomic mass is 31.2. The maximum atomic E-state index is 15.1. The maximum Gasteiger partial charge on any atom is 0.425 e. The summed E-state index contributed by atoms with van der Waals surface area (Å²) in [5, 5.41) is 15.7. The Kier molecular flexibility index (Phi) is 18.7. The Labute approximate surface area is 485 Å². The molecule has 1 unspecified atom stereocenters. The number of urea groups is 1. The first-order valence-corrected chi connectivity index (χ1v) is 28.8. The van der Waals surface area contributed by atoms with Crippen molar-refractivity contribution in [1.82, 2.24) is 34.4 Å². The van der Waals surface area contributed by atoms with Gasteiger partial charge < -0.3 is 42.9 Å². The molecule has 9 rings (SSSR count). The van der Waals surface area contributed by atoms with Crippen LogP contribution < -0.4 is 29.7 Å². The second-order valence-electron chi connectivity index (χ2n) is 21.4. The maximum absolute atomic E-state index is 15.1. The first-order valence-electron chi connectivity index (χ1n) is 27.7. The van der Waals surface area contributed by atoms with E-state index in [0.717, 1.165) is 16.7 Å². The molecule has 434 valence electrons. The third-order valence-electron chi connectivity index (χ3n) is 14.3. The van der Waals surface area contributed by atoms with Gasteiger partial charge in [0.15, 0.2) is 17.4 Å². The number of nitrogens with zero attached hydrogens (tertiary/aromatic N) is 8. The van der Waals surface area contributed by atoms with Crippen molar-refractivity contribution < 1.29 is 47.1 Å². The van der Waals surface area contributed by atoms with Gasteiger partial charge in [-0.05, 0) is 107 Å². The summed E-state index contributed by atoms with van der Waals surface area (Å²) < 4.78 is 50.7. The Bertz CT molecular complexity index is 3270. The zero-order chi connectivity index (χ0) is 59.0. The van der Waals surface area contributed by atoms with Gasteiger partial charge in [-0.25, -0.2) is 24.1 Å². The number of morpholine rings is 1. The fourth-order valence-corrected chi connectivity index (χ4v) is 12.4. The topological polar surface area (TPSA) is 217 Å². The molecular weight excluding hydrogens is 1080 g/mol. The fourth-order valence-electron chi connectivity index (χ4n) is 10.6. The number of carbonyl (C=O) groups excluding carboxylic acids is 3. The van der Waals surface area contributed by atoms with E-state index in [1.807, 2.05) is 157 Å². The zero-order valence-corrected chi connectivity index (χ0v) is 49.2. The van der Waals surface area contributed by atoms with Crippen molar-refractivity contribution in [1.29, 1.82) is 5.26 Å². The van der Waals surface area contributed by atoms with Crippen LogP contribution in [0.15, 0.2) is 146 Å². The van der Waals surface area contributed by atoms with Crippen LogP contribution in [0.4, 0.5) is 26.9 Å². The number of methoxy groups -OCH3 is 2. The van der Waals surface area contributed by atoms with Crippen LogP contribution in [0, 0.1) is 17.2 Å². The average Bonchev–Trinajstić information content (AvgIpc) is 2.79. The number of nitriles is 1. The molecule has 0 saturated carbocycles. The van der Waals surface area contributed by atoms with Gasteiger partial charge >= 0.3 is 12.1 Å². The summed E-state index contributed by atoms with van der Waals surface area (Å²) in [6.45, 7) is 15.2. The molecule has 4 heterocycles. The number of imidazole rings is 1. The van der Waals surface area contributed by atoms with Crippen molar-refractivity contribution in [2.75, 3.05) is 44.2 Å². The number of carbonyl (C=O) groups is 3. The predicted octanol–water partition coefficient (Wildman–Crippen LogP) is 11.5. The summed E-state index contributed by atoms with van der Waals surface area (Å²) in [5.74, 6) is -0.0532. The van der Waals surface area contributed by atoms with Crippen LogP contribution in [0.25, 0.3) is 11.2 Å². The molecule has 2 bridgehead atoms. The number of hydrogen-bond acceptors (Lipinski definition) is 15. The van der Waals surface area contributed by atoms with Crippen molar-refractivity contribution in [3.63, 3.8) is 0 Å². The van der Waals surface area contributed by atoms with E-state index in [2.05, 4.69) is 26.4 Å². The first-order chi connectivity index (χ1) is 40.0. The molecule has 2 fully saturated rings. The number of amides is 4. The molecule has 83 heavy (non-hydrogen) atoms. The summed E-state index contributed by atoms with van der Waals surface area (Å²) in [4.78, 5) is 60.7. The average molecular weight is 1150 g/mol. The molecule has 0 radical (unpaired) electrons. The lowest BCUT2D eigenvalue weighted by Gasteiger charge is -2.42. The van der Waals surface area contributed by atoms with Gasteiger partial charge in [-0.3, -0.25) is 14.7 Å². The van der Waals surface area contributed by atoms with Crippen LogP contribution >= 0.6 is 8.53 Å². The van der Waals surface area contributed by atoms with Gasteiger partial charge in [0.1, 0.15) is 34.8 Å². The second-order valence-corrected chi connectivity index (χ2v) is 22.8. The lowest BCUT2D eigenvalue weighted by atomic mass is 9.79. The molecular formula is C62H71N10O10P. The van der Waals surface area contributed by atoms with Crippen LogP contribution in [0.5, 0.6) is 17.4 Å². The number of hydrogen-bond donors (Lipinski definition) is 2. The van der Waals surface area contributed by atoms with E-state index >= 15 is 4.79 Å². The van der Waals surface area contributed by atoms with Crippen molar-refractivity contribution >= 4 is 55.0 Å². The van der Waals surface area contributed by atoms with E-state index < -0.39 is 62.1 Å². The normalized spacial score (nSPS) is 18.0. The highest BCUT2D eigenvalue weighted by Crippen LogP contribution is 2.57. The van der Waals surface area contributed by atoms with E-state index in [4.69, 9.17) is 42.7 Å². The van der Waals surface area contributed by atoms with Crippen LogP contribution in [0.1, 0.15) is 84.7 Å². The highest BCUT2D eigenvalue weighted by molar-refractivity contribution is 7.44. The van der Waals surface area contributed by atoms with E-state index in [-0.39, 0.29) is 67.3 Å². The molecule has 5 aromatic carbocycles. The number of aromatic nitrogens is 4. The number of fused-ring (bicyclic) bond motifs is 3. The van der Waals surface area contributed by atoms with Gasteiger partial charge in [0.2, 0.25) is 11.9 Å². The Hall–Kier alpha value is -8.02. The van der Waals surface area contributed by atoms with Crippen molar-refractivity contribution in [3.8, 4) is 23.4 Å². The van der Waals surface area contributed by atoms with Gasteiger partial charge in [0.25, 0.3) is 14.4 Å². The van der Waals surface area contributed by atoms with Gasteiger partial charge in [-0.1, -0.05) is 105 Å². The lowest BCUT2D eigenvalue weighted by Crippen LogP contribution is -2.54. The van der Waals surface area contributed by atoms with Crippen LogP contribution in [0.2, 0.25) is 0 Å². The second kappa shape index (κ2) is 26.1. The minimum Gasteiger partial charge on any atom is -0.497 e. The quantitative estimate of drug-likeness (QED) is 0.0346. The Balaban J connectivity index is 1.25. The van der Waals surface area contributed by atoms with Crippen LogP contribution in [0.3, 0.4) is 0 Å². The van der Waals surface area contributed by atoms with Crippen LogP contribution in [-0.4, -0.2) is 117 Å². The van der Waals surface area contributed by atoms with Crippen LogP contribution in [-0.2, 0) is 28.9 Å². The summed E-state index contributed by atoms with van der Waals surface area (Å²) >= 11 is 0. The van der Waals surface area contributed by atoms with E-state index in [1.54, 1.807) is 61.8 Å². The minimum absolute atomic E-state index is 0.0345. The molecule has 20 nitrogen and oxygen atoms in total. The number of likely N-dealkylation sites (tertiary alicyclic amines) is 1. The van der Waals surface area contributed by atoms with Gasteiger partial charge in [0.05, 0.1) is 64.2 Å². The standard InChI is InChI=1S/C62H71N10O10P/c1-40(2)55(73)67-58-66-54-51(56(68-58)80-60(75)71(47-23-16-12-17-24-47)48-25-18-13-19-26-48)64-39-70(54)57-52-53(82-83(79-36-20-35-63)72(42(5)6)43(7)8)61(81-57,37-69(52)59(74)65-41(3)4)38-78-62(44-21-14-11-15-22-44,45-27-31-49(76-9)32-28-45)46-29-33-50(77-10)34-30-46/h11-19,21-34,39-43,52-53,57H,20,36-38H2,1-10H3,(H,65,74)(H,66,67,68,73)/t52-,53+,57-,61-,83?/m1/s1. The zero-order valence-electron chi connectivity index (χ0n) is 48.3. The molecule has 4 amide bonds. The number of anilines is 3. The number of rotatable bonds is 23. The molecule has 2 aliphatic rings. The minimum atomic E-state index is -2.00. The summed E-state index contributed by atoms with van der Waals surface area (Å²) in [5.41, 5.74) is 0.576. The molecule has 2 N–H and O–H groups in total.